The fourth-order valence-electron chi connectivity index (χ4n) is 3.67. The Hall–Kier alpha value is -1.57. The summed E-state index contributed by atoms with van der Waals surface area (Å²) in [5, 5.41) is 3.14. The molecule has 4 rings (SSSR count). The van der Waals surface area contributed by atoms with Crippen LogP contribution in [0.15, 0.2) is 45.3 Å². The lowest BCUT2D eigenvalue weighted by atomic mass is 10.1. The molecule has 142 valence electrons. The highest BCUT2D eigenvalue weighted by Gasteiger charge is 2.25. The molecule has 27 heavy (non-hydrogen) atoms. The molecule has 0 atom stereocenters. The highest BCUT2D eigenvalue weighted by molar-refractivity contribution is 9.10. The molecule has 0 unspecified atom stereocenters. The van der Waals surface area contributed by atoms with Gasteiger partial charge in [0.05, 0.1) is 11.4 Å². The average Bonchev–Trinajstić information content (AvgIpc) is 3.05. The van der Waals surface area contributed by atoms with Gasteiger partial charge in [-0.3, -0.25) is 0 Å². The highest BCUT2D eigenvalue weighted by atomic mass is 79.9. The maximum Gasteiger partial charge on any atom is 0.321 e. The Bertz CT molecular complexity index is 865. The van der Waals surface area contributed by atoms with Crippen molar-refractivity contribution in [2.75, 3.05) is 50.0 Å². The van der Waals surface area contributed by atoms with E-state index in [0.29, 0.717) is 0 Å². The SMILES string of the molecule is CN1CCN(C(=O)Nc2cc(Br)ccc2N2CCc3cc(Br)ccc32)CC1. The molecule has 0 spiro atoms. The van der Waals surface area contributed by atoms with Gasteiger partial charge in [0.1, 0.15) is 0 Å². The third kappa shape index (κ3) is 4.00. The van der Waals surface area contributed by atoms with Gasteiger partial charge < -0.3 is 20.0 Å². The number of piperazine rings is 1. The second kappa shape index (κ2) is 7.81. The number of benzene rings is 2. The van der Waals surface area contributed by atoms with E-state index in [4.69, 9.17) is 0 Å². The van der Waals surface area contributed by atoms with Gasteiger partial charge in [-0.05, 0) is 55.4 Å². The maximum absolute atomic E-state index is 12.8. The number of halogens is 2. The summed E-state index contributed by atoms with van der Waals surface area (Å²) in [5.74, 6) is 0. The van der Waals surface area contributed by atoms with Crippen LogP contribution in [0.4, 0.5) is 21.9 Å². The van der Waals surface area contributed by atoms with E-state index < -0.39 is 0 Å². The topological polar surface area (TPSA) is 38.8 Å². The standard InChI is InChI=1S/C20H22Br2N4O/c1-24-8-10-25(11-9-24)20(27)23-17-13-16(22)3-5-19(17)26-7-6-14-12-15(21)2-4-18(14)26/h2-5,12-13H,6-11H2,1H3,(H,23,27). The quantitative estimate of drug-likeness (QED) is 0.659. The van der Waals surface area contributed by atoms with Crippen molar-refractivity contribution in [3.8, 4) is 0 Å². The molecule has 1 saturated heterocycles. The summed E-state index contributed by atoms with van der Waals surface area (Å²) < 4.78 is 2.05. The number of rotatable bonds is 2. The Labute approximate surface area is 176 Å². The summed E-state index contributed by atoms with van der Waals surface area (Å²) in [7, 11) is 2.09. The highest BCUT2D eigenvalue weighted by Crippen LogP contribution is 2.40. The van der Waals surface area contributed by atoms with Gasteiger partial charge in [0.2, 0.25) is 0 Å². The van der Waals surface area contributed by atoms with E-state index in [9.17, 15) is 4.79 Å². The maximum atomic E-state index is 12.8. The molecule has 0 aromatic heterocycles. The number of nitrogens with one attached hydrogen (secondary N) is 1. The third-order valence-electron chi connectivity index (χ3n) is 5.22. The van der Waals surface area contributed by atoms with Crippen molar-refractivity contribution in [1.82, 2.24) is 9.80 Å². The lowest BCUT2D eigenvalue weighted by Crippen LogP contribution is -2.48. The molecular weight excluding hydrogens is 472 g/mol. The molecule has 2 amide bonds. The Kier molecular flexibility index (Phi) is 5.43. The predicted octanol–water partition coefficient (Wildman–Crippen LogP) is 4.69. The van der Waals surface area contributed by atoms with Crippen molar-refractivity contribution in [3.05, 3.63) is 50.9 Å². The number of carbonyl (C=O) groups is 1. The van der Waals surface area contributed by atoms with E-state index in [0.717, 1.165) is 59.5 Å². The van der Waals surface area contributed by atoms with Crippen LogP contribution in [0.2, 0.25) is 0 Å². The molecule has 0 saturated carbocycles. The van der Waals surface area contributed by atoms with Gasteiger partial charge in [-0.15, -0.1) is 0 Å². The number of amides is 2. The van der Waals surface area contributed by atoms with Gasteiger partial charge in [0.15, 0.2) is 0 Å². The van der Waals surface area contributed by atoms with Gasteiger partial charge in [0.25, 0.3) is 0 Å². The van der Waals surface area contributed by atoms with Crippen molar-refractivity contribution < 1.29 is 4.79 Å². The van der Waals surface area contributed by atoms with Crippen LogP contribution in [-0.2, 0) is 6.42 Å². The zero-order valence-electron chi connectivity index (χ0n) is 15.2. The van der Waals surface area contributed by atoms with Crippen molar-refractivity contribution in [3.63, 3.8) is 0 Å². The molecule has 1 N–H and O–H groups in total. The molecule has 2 heterocycles. The number of anilines is 3. The van der Waals surface area contributed by atoms with E-state index in [1.165, 1.54) is 11.3 Å². The minimum Gasteiger partial charge on any atom is -0.339 e. The van der Waals surface area contributed by atoms with Crippen LogP contribution in [0.3, 0.4) is 0 Å². The molecule has 0 aliphatic carbocycles. The van der Waals surface area contributed by atoms with Crippen LogP contribution in [0.25, 0.3) is 0 Å². The molecule has 7 heteroatoms. The normalized spacial score (nSPS) is 17.1. The zero-order chi connectivity index (χ0) is 19.0. The summed E-state index contributed by atoms with van der Waals surface area (Å²) >= 11 is 7.10. The van der Waals surface area contributed by atoms with Crippen LogP contribution >= 0.6 is 31.9 Å². The molecule has 2 aromatic carbocycles. The predicted molar refractivity (Wildman–Crippen MR) is 117 cm³/mol. The van der Waals surface area contributed by atoms with Crippen LogP contribution in [0.5, 0.6) is 0 Å². The first-order valence-corrected chi connectivity index (χ1v) is 10.7. The molecule has 2 aliphatic rings. The van der Waals surface area contributed by atoms with Gasteiger partial charge in [0, 0.05) is 47.4 Å². The third-order valence-corrected chi connectivity index (χ3v) is 6.21. The molecule has 5 nitrogen and oxygen atoms in total. The number of likely N-dealkylation sites (N-methyl/N-ethyl adjacent to an activating group) is 1. The first kappa shape index (κ1) is 18.8. The minimum atomic E-state index is -0.0299. The second-order valence-corrected chi connectivity index (χ2v) is 8.89. The summed E-state index contributed by atoms with van der Waals surface area (Å²) in [6, 6.07) is 12.4. The van der Waals surface area contributed by atoms with E-state index in [2.05, 4.69) is 78.3 Å². The average molecular weight is 494 g/mol. The number of hydrogen-bond acceptors (Lipinski definition) is 3. The van der Waals surface area contributed by atoms with Crippen molar-refractivity contribution >= 4 is 55.0 Å². The molecule has 2 aromatic rings. The van der Waals surface area contributed by atoms with Gasteiger partial charge in [-0.2, -0.15) is 0 Å². The number of carbonyl (C=O) groups excluding carboxylic acids is 1. The van der Waals surface area contributed by atoms with Crippen LogP contribution in [0.1, 0.15) is 5.56 Å². The van der Waals surface area contributed by atoms with E-state index in [1.807, 2.05) is 17.0 Å². The fraction of sp³-hybridized carbons (Fsp3) is 0.350. The van der Waals surface area contributed by atoms with Gasteiger partial charge in [-0.25, -0.2) is 4.79 Å². The van der Waals surface area contributed by atoms with Gasteiger partial charge in [-0.1, -0.05) is 31.9 Å². The number of hydrogen-bond donors (Lipinski definition) is 1. The Morgan fingerprint density at radius 1 is 0.926 bits per heavy atom. The Balaban J connectivity index is 1.60. The summed E-state index contributed by atoms with van der Waals surface area (Å²) in [5.41, 5.74) is 4.39. The fourth-order valence-corrected chi connectivity index (χ4v) is 4.44. The first-order chi connectivity index (χ1) is 13.0. The summed E-state index contributed by atoms with van der Waals surface area (Å²) in [6.07, 6.45) is 0.997. The lowest BCUT2D eigenvalue weighted by Gasteiger charge is -2.33. The van der Waals surface area contributed by atoms with E-state index in [-0.39, 0.29) is 6.03 Å². The van der Waals surface area contributed by atoms with Crippen LogP contribution in [0, 0.1) is 0 Å². The van der Waals surface area contributed by atoms with Crippen molar-refractivity contribution in [1.29, 1.82) is 0 Å². The lowest BCUT2D eigenvalue weighted by molar-refractivity contribution is 0.164. The summed E-state index contributed by atoms with van der Waals surface area (Å²) in [6.45, 7) is 4.24. The second-order valence-electron chi connectivity index (χ2n) is 7.06. The Morgan fingerprint density at radius 3 is 2.33 bits per heavy atom. The van der Waals surface area contributed by atoms with Gasteiger partial charge >= 0.3 is 6.03 Å². The van der Waals surface area contributed by atoms with E-state index in [1.54, 1.807) is 0 Å². The molecule has 0 radical (unpaired) electrons. The smallest absolute Gasteiger partial charge is 0.321 e. The number of fused-ring (bicyclic) bond motifs is 1. The largest absolute Gasteiger partial charge is 0.339 e. The summed E-state index contributed by atoms with van der Waals surface area (Å²) in [4.78, 5) is 19.2. The number of nitrogens with zero attached hydrogens (tertiary/aromatic N) is 3. The monoisotopic (exact) mass is 492 g/mol. The van der Waals surface area contributed by atoms with Crippen LogP contribution < -0.4 is 10.2 Å². The van der Waals surface area contributed by atoms with Crippen molar-refractivity contribution in [2.24, 2.45) is 0 Å². The zero-order valence-corrected chi connectivity index (χ0v) is 18.4. The first-order valence-electron chi connectivity index (χ1n) is 9.11. The molecule has 1 fully saturated rings. The minimum absolute atomic E-state index is 0.0299. The van der Waals surface area contributed by atoms with E-state index >= 15 is 0 Å². The molecule has 0 bridgehead atoms. The Morgan fingerprint density at radius 2 is 1.59 bits per heavy atom. The molecule has 2 aliphatic heterocycles. The van der Waals surface area contributed by atoms with Crippen LogP contribution in [-0.4, -0.2) is 55.6 Å². The van der Waals surface area contributed by atoms with Crippen molar-refractivity contribution in [2.45, 2.75) is 6.42 Å². The number of urea groups is 1. The molecular formula is C20H22Br2N4O.